The first-order chi connectivity index (χ1) is 9.59. The van der Waals surface area contributed by atoms with Crippen molar-refractivity contribution in [1.82, 2.24) is 15.5 Å². The van der Waals surface area contributed by atoms with Gasteiger partial charge in [-0.15, -0.1) is 0 Å². The quantitative estimate of drug-likeness (QED) is 0.631. The Bertz CT molecular complexity index is 497. The number of amides is 1. The fraction of sp³-hybridized carbons (Fsp3) is 0.615. The first-order valence-corrected chi connectivity index (χ1v) is 7.62. The first kappa shape index (κ1) is 15.0. The number of carbonyl (C=O) groups is 2. The van der Waals surface area contributed by atoms with Gasteiger partial charge in [0.1, 0.15) is 0 Å². The van der Waals surface area contributed by atoms with Crippen LogP contribution in [0.25, 0.3) is 0 Å². The van der Waals surface area contributed by atoms with Crippen molar-refractivity contribution in [2.45, 2.75) is 44.4 Å². The Morgan fingerprint density at radius 1 is 1.35 bits per heavy atom. The Morgan fingerprint density at radius 2 is 2.10 bits per heavy atom. The van der Waals surface area contributed by atoms with Crippen LogP contribution >= 0.6 is 15.9 Å². The van der Waals surface area contributed by atoms with Crippen molar-refractivity contribution >= 4 is 27.8 Å². The average Bonchev–Trinajstić information content (AvgIpc) is 3.16. The number of aliphatic carboxylic acids is 1. The zero-order valence-corrected chi connectivity index (χ0v) is 12.7. The molecule has 1 aliphatic carbocycles. The summed E-state index contributed by atoms with van der Waals surface area (Å²) in [4.78, 5) is 22.3. The van der Waals surface area contributed by atoms with E-state index in [4.69, 9.17) is 5.11 Å². The van der Waals surface area contributed by atoms with Gasteiger partial charge >= 0.3 is 5.97 Å². The highest BCUT2D eigenvalue weighted by Gasteiger charge is 2.30. The van der Waals surface area contributed by atoms with Crippen LogP contribution in [0.1, 0.15) is 60.6 Å². The fourth-order valence-corrected chi connectivity index (χ4v) is 2.68. The molecule has 1 fully saturated rings. The van der Waals surface area contributed by atoms with Gasteiger partial charge in [-0.05, 0) is 41.6 Å². The Hall–Kier alpha value is -1.37. The van der Waals surface area contributed by atoms with Gasteiger partial charge in [0, 0.05) is 18.9 Å². The predicted octanol–water partition coefficient (Wildman–Crippen LogP) is 2.42. The number of carboxylic acid groups (broad SMARTS) is 1. The van der Waals surface area contributed by atoms with Gasteiger partial charge in [0.25, 0.3) is 5.91 Å². The van der Waals surface area contributed by atoms with Gasteiger partial charge in [0.15, 0.2) is 5.69 Å². The molecule has 0 aromatic carbocycles. The van der Waals surface area contributed by atoms with Crippen LogP contribution in [0.3, 0.4) is 0 Å². The number of carbonyl (C=O) groups excluding carboxylic acids is 1. The summed E-state index contributed by atoms with van der Waals surface area (Å²) < 4.78 is 0.767. The molecule has 1 aromatic heterocycles. The van der Waals surface area contributed by atoms with Crippen molar-refractivity contribution in [2.24, 2.45) is 0 Å². The number of nitrogens with one attached hydrogen (secondary N) is 2. The molecule has 0 saturated heterocycles. The molecule has 1 heterocycles. The van der Waals surface area contributed by atoms with Gasteiger partial charge < -0.3 is 10.4 Å². The van der Waals surface area contributed by atoms with Crippen molar-refractivity contribution in [3.63, 3.8) is 0 Å². The van der Waals surface area contributed by atoms with Crippen LogP contribution < -0.4 is 5.32 Å². The molecular formula is C13H18BrN3O3. The SMILES string of the molecule is O=C(O)CCCCCNC(=O)c1n[nH]c(C2CC2)c1Br. The van der Waals surface area contributed by atoms with Gasteiger partial charge in [-0.25, -0.2) is 0 Å². The van der Waals surface area contributed by atoms with Crippen molar-refractivity contribution in [2.75, 3.05) is 6.54 Å². The number of unbranched alkanes of at least 4 members (excludes halogenated alkanes) is 2. The van der Waals surface area contributed by atoms with E-state index in [2.05, 4.69) is 31.4 Å². The molecule has 1 aromatic rings. The monoisotopic (exact) mass is 343 g/mol. The molecule has 0 aliphatic heterocycles. The molecule has 0 radical (unpaired) electrons. The molecule has 0 unspecified atom stereocenters. The molecule has 1 amide bonds. The summed E-state index contributed by atoms with van der Waals surface area (Å²) in [5, 5.41) is 18.3. The third-order valence-electron chi connectivity index (χ3n) is 3.29. The predicted molar refractivity (Wildman–Crippen MR) is 76.7 cm³/mol. The normalized spacial score (nSPS) is 14.2. The van der Waals surface area contributed by atoms with Crippen LogP contribution in [0.4, 0.5) is 0 Å². The molecule has 7 heteroatoms. The molecule has 110 valence electrons. The molecule has 3 N–H and O–H groups in total. The van der Waals surface area contributed by atoms with E-state index in [1.165, 1.54) is 0 Å². The number of aromatic nitrogens is 2. The van der Waals surface area contributed by atoms with Crippen LogP contribution in [0.2, 0.25) is 0 Å². The summed E-state index contributed by atoms with van der Waals surface area (Å²) in [6.45, 7) is 0.538. The minimum absolute atomic E-state index is 0.184. The molecule has 6 nitrogen and oxygen atoms in total. The van der Waals surface area contributed by atoms with Crippen LogP contribution in [-0.2, 0) is 4.79 Å². The van der Waals surface area contributed by atoms with E-state index in [1.807, 2.05) is 0 Å². The lowest BCUT2D eigenvalue weighted by Crippen LogP contribution is -2.25. The third kappa shape index (κ3) is 4.06. The van der Waals surface area contributed by atoms with Crippen molar-refractivity contribution in [3.8, 4) is 0 Å². The summed E-state index contributed by atoms with van der Waals surface area (Å²) in [6, 6.07) is 0. The molecule has 1 saturated carbocycles. The average molecular weight is 344 g/mol. The summed E-state index contributed by atoms with van der Waals surface area (Å²) in [5.74, 6) is -0.463. The van der Waals surface area contributed by atoms with Crippen LogP contribution in [-0.4, -0.2) is 33.7 Å². The highest BCUT2D eigenvalue weighted by Crippen LogP contribution is 2.42. The van der Waals surface area contributed by atoms with Crippen LogP contribution in [0, 0.1) is 0 Å². The van der Waals surface area contributed by atoms with E-state index in [0.717, 1.165) is 35.8 Å². The summed E-state index contributed by atoms with van der Waals surface area (Å²) in [7, 11) is 0. The maximum Gasteiger partial charge on any atom is 0.303 e. The Labute approximate surface area is 125 Å². The Kier molecular flexibility index (Phi) is 5.17. The molecule has 1 aliphatic rings. The largest absolute Gasteiger partial charge is 0.481 e. The molecule has 2 rings (SSSR count). The fourth-order valence-electron chi connectivity index (χ4n) is 2.00. The zero-order chi connectivity index (χ0) is 14.5. The topological polar surface area (TPSA) is 95.1 Å². The zero-order valence-electron chi connectivity index (χ0n) is 11.1. The number of halogens is 1. The number of hydrogen-bond acceptors (Lipinski definition) is 3. The van der Waals surface area contributed by atoms with E-state index in [0.29, 0.717) is 24.6 Å². The number of H-pyrrole nitrogens is 1. The van der Waals surface area contributed by atoms with E-state index in [1.54, 1.807) is 0 Å². The minimum Gasteiger partial charge on any atom is -0.481 e. The molecule has 0 bridgehead atoms. The lowest BCUT2D eigenvalue weighted by Gasteiger charge is -2.03. The summed E-state index contributed by atoms with van der Waals surface area (Å²) in [5.41, 5.74) is 1.41. The Morgan fingerprint density at radius 3 is 2.75 bits per heavy atom. The van der Waals surface area contributed by atoms with Crippen molar-refractivity contribution in [1.29, 1.82) is 0 Å². The molecule has 0 atom stereocenters. The van der Waals surface area contributed by atoms with E-state index >= 15 is 0 Å². The maximum atomic E-state index is 11.9. The van der Waals surface area contributed by atoms with E-state index < -0.39 is 5.97 Å². The van der Waals surface area contributed by atoms with Gasteiger partial charge in [0.2, 0.25) is 0 Å². The highest BCUT2D eigenvalue weighted by atomic mass is 79.9. The standard InChI is InChI=1S/C13H18BrN3O3/c14-10-11(8-5-6-8)16-17-12(10)13(20)15-7-3-1-2-4-9(18)19/h8H,1-7H2,(H,15,20)(H,16,17)(H,18,19). The number of rotatable bonds is 8. The maximum absolute atomic E-state index is 11.9. The lowest BCUT2D eigenvalue weighted by molar-refractivity contribution is -0.137. The molecule has 20 heavy (non-hydrogen) atoms. The van der Waals surface area contributed by atoms with Gasteiger partial charge in [-0.2, -0.15) is 5.10 Å². The van der Waals surface area contributed by atoms with Crippen LogP contribution in [0.15, 0.2) is 4.47 Å². The van der Waals surface area contributed by atoms with Gasteiger partial charge in [-0.1, -0.05) is 6.42 Å². The Balaban J connectivity index is 1.71. The second-order valence-electron chi connectivity index (χ2n) is 5.03. The smallest absolute Gasteiger partial charge is 0.303 e. The highest BCUT2D eigenvalue weighted by molar-refractivity contribution is 9.10. The molecular weight excluding hydrogens is 326 g/mol. The number of nitrogens with zero attached hydrogens (tertiary/aromatic N) is 1. The lowest BCUT2D eigenvalue weighted by atomic mass is 10.2. The third-order valence-corrected chi connectivity index (χ3v) is 4.09. The van der Waals surface area contributed by atoms with E-state index in [-0.39, 0.29) is 12.3 Å². The number of aromatic amines is 1. The summed E-state index contributed by atoms with van der Waals surface area (Å²) >= 11 is 3.42. The first-order valence-electron chi connectivity index (χ1n) is 6.83. The van der Waals surface area contributed by atoms with E-state index in [9.17, 15) is 9.59 Å². The van der Waals surface area contributed by atoms with Gasteiger partial charge in [0.05, 0.1) is 10.2 Å². The van der Waals surface area contributed by atoms with Crippen LogP contribution in [0.5, 0.6) is 0 Å². The minimum atomic E-state index is -0.776. The summed E-state index contributed by atoms with van der Waals surface area (Å²) in [6.07, 6.45) is 4.68. The second-order valence-corrected chi connectivity index (χ2v) is 5.83. The second kappa shape index (κ2) is 6.88. The molecule has 0 spiro atoms. The number of hydrogen-bond donors (Lipinski definition) is 3. The number of carboxylic acids is 1. The van der Waals surface area contributed by atoms with Crippen molar-refractivity contribution in [3.05, 3.63) is 15.9 Å². The van der Waals surface area contributed by atoms with Crippen molar-refractivity contribution < 1.29 is 14.7 Å². The van der Waals surface area contributed by atoms with Gasteiger partial charge in [-0.3, -0.25) is 14.7 Å².